The van der Waals surface area contributed by atoms with E-state index in [1.165, 1.54) is 11.3 Å². The van der Waals surface area contributed by atoms with E-state index in [-0.39, 0.29) is 10.9 Å². The van der Waals surface area contributed by atoms with E-state index >= 15 is 0 Å². The molecule has 0 saturated heterocycles. The summed E-state index contributed by atoms with van der Waals surface area (Å²) in [5.41, 5.74) is 0.293. The Morgan fingerprint density at radius 3 is 2.47 bits per heavy atom. The van der Waals surface area contributed by atoms with Crippen LogP contribution in [0, 0.1) is 11.6 Å². The lowest BCUT2D eigenvalue weighted by atomic mass is 10.0. The SMILES string of the molecule is O=C(Cc1ccsc1)c1c(F)cc(Br)cc1F. The molecule has 5 heteroatoms. The van der Waals surface area contributed by atoms with Crippen LogP contribution in [-0.2, 0) is 6.42 Å². The lowest BCUT2D eigenvalue weighted by molar-refractivity contribution is 0.0985. The zero-order chi connectivity index (χ0) is 12.4. The molecule has 0 aliphatic heterocycles. The van der Waals surface area contributed by atoms with Gasteiger partial charge in [-0.3, -0.25) is 4.79 Å². The summed E-state index contributed by atoms with van der Waals surface area (Å²) in [7, 11) is 0. The smallest absolute Gasteiger partial charge is 0.173 e. The molecule has 0 amide bonds. The van der Waals surface area contributed by atoms with Crippen LogP contribution in [0.4, 0.5) is 8.78 Å². The molecular weight excluding hydrogens is 310 g/mol. The van der Waals surface area contributed by atoms with E-state index in [9.17, 15) is 13.6 Å². The summed E-state index contributed by atoms with van der Waals surface area (Å²) in [5, 5.41) is 3.60. The van der Waals surface area contributed by atoms with Gasteiger partial charge in [0.1, 0.15) is 11.6 Å². The minimum atomic E-state index is -0.836. The fraction of sp³-hybridized carbons (Fsp3) is 0.0833. The van der Waals surface area contributed by atoms with Gasteiger partial charge in [0.2, 0.25) is 0 Å². The van der Waals surface area contributed by atoms with E-state index in [1.807, 2.05) is 5.38 Å². The molecule has 1 aromatic carbocycles. The molecule has 1 nitrogen and oxygen atoms in total. The Morgan fingerprint density at radius 1 is 1.29 bits per heavy atom. The van der Waals surface area contributed by atoms with Gasteiger partial charge in [0.15, 0.2) is 5.78 Å². The molecule has 0 spiro atoms. The van der Waals surface area contributed by atoms with Crippen LogP contribution in [0.1, 0.15) is 15.9 Å². The van der Waals surface area contributed by atoms with Gasteiger partial charge in [-0.2, -0.15) is 11.3 Å². The molecule has 0 fully saturated rings. The van der Waals surface area contributed by atoms with Crippen LogP contribution in [0.5, 0.6) is 0 Å². The Balaban J connectivity index is 2.31. The van der Waals surface area contributed by atoms with Gasteiger partial charge in [-0.1, -0.05) is 15.9 Å². The zero-order valence-corrected chi connectivity index (χ0v) is 10.9. The maximum atomic E-state index is 13.5. The Hall–Kier alpha value is -1.07. The minimum absolute atomic E-state index is 0.0129. The van der Waals surface area contributed by atoms with Crippen molar-refractivity contribution in [2.24, 2.45) is 0 Å². The summed E-state index contributed by atoms with van der Waals surface area (Å²) in [6, 6.07) is 3.94. The van der Waals surface area contributed by atoms with Crippen LogP contribution in [-0.4, -0.2) is 5.78 Å². The lowest BCUT2D eigenvalue weighted by Gasteiger charge is -2.04. The molecule has 0 unspecified atom stereocenters. The largest absolute Gasteiger partial charge is 0.294 e. The highest BCUT2D eigenvalue weighted by Crippen LogP contribution is 2.21. The van der Waals surface area contributed by atoms with E-state index in [0.29, 0.717) is 0 Å². The number of thiophene rings is 1. The van der Waals surface area contributed by atoms with Crippen LogP contribution in [0.25, 0.3) is 0 Å². The summed E-state index contributed by atoms with van der Waals surface area (Å²) in [5.74, 6) is -2.22. The molecule has 1 heterocycles. The highest BCUT2D eigenvalue weighted by Gasteiger charge is 2.18. The van der Waals surface area contributed by atoms with Gasteiger partial charge < -0.3 is 0 Å². The van der Waals surface area contributed by atoms with Gasteiger partial charge in [0.05, 0.1) is 5.56 Å². The second-order valence-electron chi connectivity index (χ2n) is 3.48. The first kappa shape index (κ1) is 12.4. The summed E-state index contributed by atoms with van der Waals surface area (Å²) in [6.07, 6.45) is 0.0129. The van der Waals surface area contributed by atoms with Crippen LogP contribution in [0.2, 0.25) is 0 Å². The first-order valence-corrected chi connectivity index (χ1v) is 6.50. The average molecular weight is 317 g/mol. The Labute approximate surface area is 109 Å². The molecule has 88 valence electrons. The fourth-order valence-electron chi connectivity index (χ4n) is 1.48. The number of ketones is 1. The van der Waals surface area contributed by atoms with Crippen molar-refractivity contribution in [1.82, 2.24) is 0 Å². The van der Waals surface area contributed by atoms with Crippen molar-refractivity contribution < 1.29 is 13.6 Å². The van der Waals surface area contributed by atoms with Gasteiger partial charge >= 0.3 is 0 Å². The normalized spacial score (nSPS) is 10.5. The maximum absolute atomic E-state index is 13.5. The molecule has 0 radical (unpaired) electrons. The minimum Gasteiger partial charge on any atom is -0.294 e. The Bertz CT molecular complexity index is 529. The van der Waals surface area contributed by atoms with Gasteiger partial charge in [0, 0.05) is 10.9 Å². The molecule has 1 aromatic heterocycles. The molecule has 0 aliphatic rings. The van der Waals surface area contributed by atoms with Gasteiger partial charge in [-0.15, -0.1) is 0 Å². The third kappa shape index (κ3) is 2.79. The summed E-state index contributed by atoms with van der Waals surface area (Å²) < 4.78 is 27.3. The summed E-state index contributed by atoms with van der Waals surface area (Å²) in [4.78, 5) is 11.8. The molecule has 0 N–H and O–H groups in total. The second-order valence-corrected chi connectivity index (χ2v) is 5.17. The van der Waals surface area contributed by atoms with Crippen LogP contribution in [0.15, 0.2) is 33.4 Å². The van der Waals surface area contributed by atoms with E-state index < -0.39 is 23.0 Å². The number of carbonyl (C=O) groups is 1. The number of carbonyl (C=O) groups excluding carboxylic acids is 1. The molecule has 2 aromatic rings. The van der Waals surface area contributed by atoms with Crippen molar-refractivity contribution in [3.8, 4) is 0 Å². The average Bonchev–Trinajstić information content (AvgIpc) is 2.68. The van der Waals surface area contributed by atoms with Crippen LogP contribution >= 0.6 is 27.3 Å². The second kappa shape index (κ2) is 5.06. The van der Waals surface area contributed by atoms with Gasteiger partial charge in [-0.05, 0) is 34.5 Å². The fourth-order valence-corrected chi connectivity index (χ4v) is 2.55. The zero-order valence-electron chi connectivity index (χ0n) is 8.54. The van der Waals surface area contributed by atoms with Crippen LogP contribution in [0.3, 0.4) is 0 Å². The van der Waals surface area contributed by atoms with E-state index in [4.69, 9.17) is 0 Å². The van der Waals surface area contributed by atoms with Crippen molar-refractivity contribution in [3.63, 3.8) is 0 Å². The topological polar surface area (TPSA) is 17.1 Å². The first-order chi connectivity index (χ1) is 8.08. The number of rotatable bonds is 3. The Kier molecular flexibility index (Phi) is 3.69. The van der Waals surface area contributed by atoms with Crippen molar-refractivity contribution in [2.45, 2.75) is 6.42 Å². The molecular formula is C12H7BrF2OS. The molecule has 0 saturated carbocycles. The number of hydrogen-bond donors (Lipinski definition) is 0. The van der Waals surface area contributed by atoms with Crippen molar-refractivity contribution >= 4 is 33.0 Å². The molecule has 0 atom stereocenters. The third-order valence-electron chi connectivity index (χ3n) is 2.23. The standard InChI is InChI=1S/C12H7BrF2OS/c13-8-4-9(14)12(10(15)5-8)11(16)3-7-1-2-17-6-7/h1-2,4-6H,3H2. The number of Topliss-reactive ketones (excluding diaryl/α,β-unsaturated/α-hetero) is 1. The monoisotopic (exact) mass is 316 g/mol. The van der Waals surface area contributed by atoms with Crippen LogP contribution < -0.4 is 0 Å². The quantitative estimate of drug-likeness (QED) is 0.775. The maximum Gasteiger partial charge on any atom is 0.173 e. The summed E-state index contributed by atoms with van der Waals surface area (Å²) in [6.45, 7) is 0. The predicted molar refractivity (Wildman–Crippen MR) is 66.4 cm³/mol. The highest BCUT2D eigenvalue weighted by atomic mass is 79.9. The van der Waals surface area contributed by atoms with Crippen molar-refractivity contribution in [2.75, 3.05) is 0 Å². The number of benzene rings is 1. The number of hydrogen-bond acceptors (Lipinski definition) is 2. The van der Waals surface area contributed by atoms with Crippen molar-refractivity contribution in [3.05, 3.63) is 56.2 Å². The molecule has 2 rings (SSSR count). The van der Waals surface area contributed by atoms with E-state index in [1.54, 1.807) is 11.4 Å². The predicted octanol–water partition coefficient (Wildman–Crippen LogP) is 4.21. The molecule has 0 aliphatic carbocycles. The Morgan fingerprint density at radius 2 is 1.94 bits per heavy atom. The first-order valence-electron chi connectivity index (χ1n) is 4.76. The molecule has 0 bridgehead atoms. The third-order valence-corrected chi connectivity index (χ3v) is 3.42. The highest BCUT2D eigenvalue weighted by molar-refractivity contribution is 9.10. The van der Waals surface area contributed by atoms with Gasteiger partial charge in [-0.25, -0.2) is 8.78 Å². The van der Waals surface area contributed by atoms with Crippen molar-refractivity contribution in [1.29, 1.82) is 0 Å². The van der Waals surface area contributed by atoms with E-state index in [2.05, 4.69) is 15.9 Å². The number of halogens is 3. The van der Waals surface area contributed by atoms with Gasteiger partial charge in [0.25, 0.3) is 0 Å². The lowest BCUT2D eigenvalue weighted by Crippen LogP contribution is -2.08. The molecule has 17 heavy (non-hydrogen) atoms. The summed E-state index contributed by atoms with van der Waals surface area (Å²) >= 11 is 4.41. The van der Waals surface area contributed by atoms with E-state index in [0.717, 1.165) is 17.7 Å².